The van der Waals surface area contributed by atoms with Crippen LogP contribution in [0.3, 0.4) is 0 Å². The van der Waals surface area contributed by atoms with Crippen LogP contribution in [0.4, 0.5) is 0 Å². The quantitative estimate of drug-likeness (QED) is 0.674. The summed E-state index contributed by atoms with van der Waals surface area (Å²) in [6.07, 6.45) is 1.53. The molecule has 3 aromatic rings. The zero-order chi connectivity index (χ0) is 14.8. The fraction of sp³-hybridized carbons (Fsp3) is 0.133. The number of carbonyl (C=O) groups excluding carboxylic acids is 1. The van der Waals surface area contributed by atoms with Gasteiger partial charge < -0.3 is 9.15 Å². The van der Waals surface area contributed by atoms with Gasteiger partial charge in [0.05, 0.1) is 6.61 Å². The average Bonchev–Trinajstić information content (AvgIpc) is 2.90. The highest BCUT2D eigenvalue weighted by atomic mass is 79.9. The van der Waals surface area contributed by atoms with Crippen molar-refractivity contribution >= 4 is 33.0 Å². The lowest BCUT2D eigenvalue weighted by atomic mass is 10.2. The molecule has 0 aliphatic rings. The highest BCUT2D eigenvalue weighted by Crippen LogP contribution is 2.26. The zero-order valence-electron chi connectivity index (χ0n) is 11.2. The molecule has 2 aromatic heterocycles. The molecule has 0 spiro atoms. The van der Waals surface area contributed by atoms with Crippen LogP contribution in [-0.2, 0) is 4.74 Å². The Morgan fingerprint density at radius 2 is 2.19 bits per heavy atom. The lowest BCUT2D eigenvalue weighted by molar-refractivity contribution is 0.0519. The first-order chi connectivity index (χ1) is 10.2. The molecule has 1 aromatic carbocycles. The van der Waals surface area contributed by atoms with E-state index < -0.39 is 5.97 Å². The van der Waals surface area contributed by atoms with Gasteiger partial charge in [0.25, 0.3) is 0 Å². The lowest BCUT2D eigenvalue weighted by Gasteiger charge is -2.01. The second-order valence-electron chi connectivity index (χ2n) is 4.28. The summed E-state index contributed by atoms with van der Waals surface area (Å²) in [5, 5.41) is 0. The minimum absolute atomic E-state index is 0.234. The Morgan fingerprint density at radius 3 is 3.00 bits per heavy atom. The third kappa shape index (κ3) is 2.80. The highest BCUT2D eigenvalue weighted by molar-refractivity contribution is 9.10. The van der Waals surface area contributed by atoms with Gasteiger partial charge in [-0.3, -0.25) is 0 Å². The molecule has 2 heterocycles. The molecule has 0 saturated carbocycles. The Balaban J connectivity index is 2.02. The van der Waals surface area contributed by atoms with Crippen LogP contribution in [-0.4, -0.2) is 22.5 Å². The second kappa shape index (κ2) is 5.65. The molecule has 5 nitrogen and oxygen atoms in total. The van der Waals surface area contributed by atoms with E-state index in [0.29, 0.717) is 23.6 Å². The van der Waals surface area contributed by atoms with Gasteiger partial charge in [-0.15, -0.1) is 0 Å². The summed E-state index contributed by atoms with van der Waals surface area (Å²) in [5.74, 6) is -0.0192. The van der Waals surface area contributed by atoms with Crippen LogP contribution in [0.15, 0.2) is 45.4 Å². The summed E-state index contributed by atoms with van der Waals surface area (Å²) in [5.41, 5.74) is 2.34. The molecule has 21 heavy (non-hydrogen) atoms. The van der Waals surface area contributed by atoms with Crippen molar-refractivity contribution in [3.05, 3.63) is 46.7 Å². The highest BCUT2D eigenvalue weighted by Gasteiger charge is 2.13. The molecule has 0 saturated heterocycles. The van der Waals surface area contributed by atoms with Gasteiger partial charge in [-0.05, 0) is 37.3 Å². The van der Waals surface area contributed by atoms with Crippen molar-refractivity contribution < 1.29 is 13.9 Å². The topological polar surface area (TPSA) is 65.2 Å². The fourth-order valence-corrected chi connectivity index (χ4v) is 2.24. The summed E-state index contributed by atoms with van der Waals surface area (Å²) >= 11 is 3.39. The Kier molecular flexibility index (Phi) is 3.70. The van der Waals surface area contributed by atoms with E-state index in [1.54, 1.807) is 19.1 Å². The zero-order valence-corrected chi connectivity index (χ0v) is 12.8. The number of nitrogens with zero attached hydrogens (tertiary/aromatic N) is 2. The molecule has 6 heteroatoms. The minimum Gasteiger partial charge on any atom is -0.461 e. The molecule has 0 amide bonds. The number of benzene rings is 1. The molecule has 3 rings (SSSR count). The molecule has 106 valence electrons. The number of aromatic nitrogens is 2. The number of halogens is 1. The molecular weight excluding hydrogens is 336 g/mol. The SMILES string of the molecule is CCOC(=O)c1cc(-c2nc3ccc(Br)cc3o2)ccn1. The Labute approximate surface area is 129 Å². The average molecular weight is 347 g/mol. The predicted octanol–water partition coefficient (Wildman–Crippen LogP) is 3.83. The van der Waals surface area contributed by atoms with E-state index in [4.69, 9.17) is 9.15 Å². The number of rotatable bonds is 3. The van der Waals surface area contributed by atoms with Crippen LogP contribution in [0.2, 0.25) is 0 Å². The van der Waals surface area contributed by atoms with Crippen molar-refractivity contribution in [3.8, 4) is 11.5 Å². The van der Waals surface area contributed by atoms with Gasteiger partial charge in [-0.2, -0.15) is 0 Å². The van der Waals surface area contributed by atoms with Gasteiger partial charge in [0.15, 0.2) is 5.58 Å². The van der Waals surface area contributed by atoms with Gasteiger partial charge in [0.1, 0.15) is 11.2 Å². The van der Waals surface area contributed by atoms with E-state index in [1.807, 2.05) is 18.2 Å². The third-order valence-corrected chi connectivity index (χ3v) is 3.34. The fourth-order valence-electron chi connectivity index (χ4n) is 1.90. The summed E-state index contributed by atoms with van der Waals surface area (Å²) in [6.45, 7) is 2.06. The second-order valence-corrected chi connectivity index (χ2v) is 5.20. The van der Waals surface area contributed by atoms with Crippen LogP contribution in [0.5, 0.6) is 0 Å². The molecule has 0 bridgehead atoms. The van der Waals surface area contributed by atoms with Crippen molar-refractivity contribution in [2.24, 2.45) is 0 Å². The molecular formula is C15H11BrN2O3. The van der Waals surface area contributed by atoms with Crippen LogP contribution in [0.1, 0.15) is 17.4 Å². The van der Waals surface area contributed by atoms with Crippen molar-refractivity contribution in [3.63, 3.8) is 0 Å². The first-order valence-corrected chi connectivity index (χ1v) is 7.16. The lowest BCUT2D eigenvalue weighted by Crippen LogP contribution is -2.06. The smallest absolute Gasteiger partial charge is 0.356 e. The Hall–Kier alpha value is -2.21. The van der Waals surface area contributed by atoms with Crippen LogP contribution < -0.4 is 0 Å². The van der Waals surface area contributed by atoms with E-state index in [-0.39, 0.29) is 5.69 Å². The number of pyridine rings is 1. The minimum atomic E-state index is -0.460. The van der Waals surface area contributed by atoms with Crippen LogP contribution in [0, 0.1) is 0 Å². The van der Waals surface area contributed by atoms with E-state index in [1.165, 1.54) is 6.20 Å². The van der Waals surface area contributed by atoms with Gasteiger partial charge >= 0.3 is 5.97 Å². The van der Waals surface area contributed by atoms with E-state index in [2.05, 4.69) is 25.9 Å². The number of ether oxygens (including phenoxy) is 1. The maximum atomic E-state index is 11.7. The molecule has 0 fully saturated rings. The first-order valence-electron chi connectivity index (χ1n) is 6.37. The van der Waals surface area contributed by atoms with E-state index in [0.717, 1.165) is 9.99 Å². The summed E-state index contributed by atoms with van der Waals surface area (Å²) in [6, 6.07) is 8.95. The molecule has 0 N–H and O–H groups in total. The van der Waals surface area contributed by atoms with Gasteiger partial charge in [0, 0.05) is 16.2 Å². The monoisotopic (exact) mass is 346 g/mol. The largest absolute Gasteiger partial charge is 0.461 e. The molecule has 0 unspecified atom stereocenters. The predicted molar refractivity (Wildman–Crippen MR) is 80.9 cm³/mol. The van der Waals surface area contributed by atoms with Crippen molar-refractivity contribution in [1.29, 1.82) is 0 Å². The van der Waals surface area contributed by atoms with Crippen LogP contribution in [0.25, 0.3) is 22.6 Å². The molecule has 0 atom stereocenters. The van der Waals surface area contributed by atoms with Crippen molar-refractivity contribution in [1.82, 2.24) is 9.97 Å². The van der Waals surface area contributed by atoms with Crippen molar-refractivity contribution in [2.45, 2.75) is 6.92 Å². The van der Waals surface area contributed by atoms with E-state index >= 15 is 0 Å². The van der Waals surface area contributed by atoms with Gasteiger partial charge in [-0.1, -0.05) is 15.9 Å². The van der Waals surface area contributed by atoms with Gasteiger partial charge in [0.2, 0.25) is 5.89 Å². The van der Waals surface area contributed by atoms with Crippen LogP contribution >= 0.6 is 15.9 Å². The Morgan fingerprint density at radius 1 is 1.33 bits per heavy atom. The maximum Gasteiger partial charge on any atom is 0.356 e. The first kappa shape index (κ1) is 13.8. The summed E-state index contributed by atoms with van der Waals surface area (Å²) < 4.78 is 11.6. The molecule has 0 aliphatic heterocycles. The summed E-state index contributed by atoms with van der Waals surface area (Å²) in [7, 11) is 0. The number of esters is 1. The van der Waals surface area contributed by atoms with E-state index in [9.17, 15) is 4.79 Å². The number of fused-ring (bicyclic) bond motifs is 1. The molecule has 0 radical (unpaired) electrons. The number of hydrogen-bond donors (Lipinski definition) is 0. The number of hydrogen-bond acceptors (Lipinski definition) is 5. The van der Waals surface area contributed by atoms with Crippen molar-refractivity contribution in [2.75, 3.05) is 6.61 Å². The normalized spacial score (nSPS) is 10.8. The molecule has 0 aliphatic carbocycles. The van der Waals surface area contributed by atoms with Gasteiger partial charge in [-0.25, -0.2) is 14.8 Å². The number of carbonyl (C=O) groups is 1. The Bertz CT molecular complexity index is 814. The number of oxazole rings is 1. The maximum absolute atomic E-state index is 11.7. The standard InChI is InChI=1S/C15H11BrN2O3/c1-2-20-15(19)12-7-9(5-6-17-12)14-18-11-4-3-10(16)8-13(11)21-14/h3-8H,2H2,1H3. The summed E-state index contributed by atoms with van der Waals surface area (Å²) in [4.78, 5) is 20.1. The third-order valence-electron chi connectivity index (χ3n) is 2.84.